The number of hydrogen-bond acceptors (Lipinski definition) is 3. The summed E-state index contributed by atoms with van der Waals surface area (Å²) in [5.41, 5.74) is 6.64. The molecule has 0 spiro atoms. The number of nitrogens with one attached hydrogen (secondary N) is 2. The average Bonchev–Trinajstić information content (AvgIpc) is 2.35. The molecule has 0 heterocycles. The molecule has 2 amide bonds. The third-order valence-electron chi connectivity index (χ3n) is 2.68. The Morgan fingerprint density at radius 1 is 1.16 bits per heavy atom. The van der Waals surface area contributed by atoms with E-state index < -0.39 is 5.91 Å². The van der Waals surface area contributed by atoms with Crippen LogP contribution in [0.3, 0.4) is 0 Å². The monoisotopic (exact) mass is 263 g/mol. The van der Waals surface area contributed by atoms with Gasteiger partial charge >= 0.3 is 0 Å². The predicted molar refractivity (Wildman–Crippen MR) is 74.5 cm³/mol. The Kier molecular flexibility index (Phi) is 5.51. The predicted octanol–water partition coefficient (Wildman–Crippen LogP) is 0.788. The number of amides is 2. The highest BCUT2D eigenvalue weighted by molar-refractivity contribution is 5.92. The second kappa shape index (κ2) is 6.89. The number of benzene rings is 1. The Bertz CT molecular complexity index is 441. The van der Waals surface area contributed by atoms with Gasteiger partial charge in [0.25, 0.3) is 0 Å². The van der Waals surface area contributed by atoms with Crippen molar-refractivity contribution in [1.29, 1.82) is 0 Å². The van der Waals surface area contributed by atoms with Crippen LogP contribution in [-0.4, -0.2) is 23.9 Å². The maximum atomic E-state index is 11.7. The maximum Gasteiger partial charge on any atom is 0.248 e. The molecule has 5 heteroatoms. The Balaban J connectivity index is 2.48. The van der Waals surface area contributed by atoms with Gasteiger partial charge in [-0.3, -0.25) is 9.59 Å². The van der Waals surface area contributed by atoms with Crippen LogP contribution >= 0.6 is 0 Å². The zero-order valence-electron chi connectivity index (χ0n) is 11.6. The summed E-state index contributed by atoms with van der Waals surface area (Å²) < 4.78 is 0. The van der Waals surface area contributed by atoms with Gasteiger partial charge in [0.05, 0.1) is 6.04 Å². The quantitative estimate of drug-likeness (QED) is 0.709. The van der Waals surface area contributed by atoms with Gasteiger partial charge in [-0.15, -0.1) is 0 Å². The number of primary amides is 1. The normalized spacial score (nSPS) is 12.2. The van der Waals surface area contributed by atoms with Crippen molar-refractivity contribution in [1.82, 2.24) is 10.6 Å². The van der Waals surface area contributed by atoms with Gasteiger partial charge in [0, 0.05) is 18.2 Å². The molecule has 0 aliphatic rings. The second-order valence-corrected chi connectivity index (χ2v) is 4.83. The summed E-state index contributed by atoms with van der Waals surface area (Å²) in [4.78, 5) is 22.6. The van der Waals surface area contributed by atoms with E-state index >= 15 is 0 Å². The van der Waals surface area contributed by atoms with Crippen LogP contribution in [0.5, 0.6) is 0 Å². The van der Waals surface area contributed by atoms with Crippen LogP contribution in [-0.2, 0) is 11.3 Å². The van der Waals surface area contributed by atoms with E-state index in [1.165, 1.54) is 0 Å². The van der Waals surface area contributed by atoms with Crippen molar-refractivity contribution in [3.63, 3.8) is 0 Å². The Morgan fingerprint density at radius 3 is 2.21 bits per heavy atom. The van der Waals surface area contributed by atoms with Gasteiger partial charge in [0.2, 0.25) is 11.8 Å². The van der Waals surface area contributed by atoms with Crippen LogP contribution < -0.4 is 16.4 Å². The van der Waals surface area contributed by atoms with Gasteiger partial charge in [-0.2, -0.15) is 0 Å². The van der Waals surface area contributed by atoms with Gasteiger partial charge in [-0.05, 0) is 38.5 Å². The highest BCUT2D eigenvalue weighted by Crippen LogP contribution is 2.04. The van der Waals surface area contributed by atoms with E-state index in [2.05, 4.69) is 10.6 Å². The molecule has 1 aromatic rings. The SMILES string of the molecule is CC(C)NC(=O)C(C)NCc1ccc(C(N)=O)cc1. The van der Waals surface area contributed by atoms with E-state index in [1.807, 2.05) is 32.9 Å². The first-order chi connectivity index (χ1) is 8.90. The van der Waals surface area contributed by atoms with Gasteiger partial charge in [-0.1, -0.05) is 12.1 Å². The number of carbonyl (C=O) groups excluding carboxylic acids is 2. The van der Waals surface area contributed by atoms with Crippen molar-refractivity contribution in [3.8, 4) is 0 Å². The fraction of sp³-hybridized carbons (Fsp3) is 0.429. The molecule has 0 radical (unpaired) electrons. The van der Waals surface area contributed by atoms with E-state index in [9.17, 15) is 9.59 Å². The van der Waals surface area contributed by atoms with Crippen molar-refractivity contribution in [2.45, 2.75) is 39.4 Å². The minimum atomic E-state index is -0.441. The molecule has 1 unspecified atom stereocenters. The topological polar surface area (TPSA) is 84.2 Å². The molecule has 1 rings (SSSR count). The standard InChI is InChI=1S/C14H21N3O2/c1-9(2)17-14(19)10(3)16-8-11-4-6-12(7-5-11)13(15)18/h4-7,9-10,16H,8H2,1-3H3,(H2,15,18)(H,17,19). The molecule has 0 bridgehead atoms. The van der Waals surface area contributed by atoms with E-state index in [0.717, 1.165) is 5.56 Å². The number of carbonyl (C=O) groups is 2. The third kappa shape index (κ3) is 5.09. The maximum absolute atomic E-state index is 11.7. The lowest BCUT2D eigenvalue weighted by atomic mass is 10.1. The molecular weight excluding hydrogens is 242 g/mol. The van der Waals surface area contributed by atoms with Gasteiger partial charge in [-0.25, -0.2) is 0 Å². The average molecular weight is 263 g/mol. The van der Waals surface area contributed by atoms with E-state index in [4.69, 9.17) is 5.73 Å². The molecule has 0 fully saturated rings. The first kappa shape index (κ1) is 15.2. The molecule has 19 heavy (non-hydrogen) atoms. The molecule has 5 nitrogen and oxygen atoms in total. The summed E-state index contributed by atoms with van der Waals surface area (Å²) in [5.74, 6) is -0.465. The Hall–Kier alpha value is -1.88. The highest BCUT2D eigenvalue weighted by Gasteiger charge is 2.12. The molecule has 1 aromatic carbocycles. The van der Waals surface area contributed by atoms with Crippen LogP contribution in [0.25, 0.3) is 0 Å². The number of nitrogens with two attached hydrogens (primary N) is 1. The summed E-state index contributed by atoms with van der Waals surface area (Å²) >= 11 is 0. The van der Waals surface area contributed by atoms with Crippen molar-refractivity contribution in [3.05, 3.63) is 35.4 Å². The third-order valence-corrected chi connectivity index (χ3v) is 2.68. The number of rotatable bonds is 6. The van der Waals surface area contributed by atoms with Gasteiger partial charge < -0.3 is 16.4 Å². The molecule has 0 aromatic heterocycles. The van der Waals surface area contributed by atoms with Crippen LogP contribution in [0.4, 0.5) is 0 Å². The minimum absolute atomic E-state index is 0.0243. The van der Waals surface area contributed by atoms with Crippen LogP contribution in [0, 0.1) is 0 Å². The lowest BCUT2D eigenvalue weighted by molar-refractivity contribution is -0.123. The zero-order chi connectivity index (χ0) is 14.4. The molecule has 104 valence electrons. The first-order valence-electron chi connectivity index (χ1n) is 6.32. The van der Waals surface area contributed by atoms with Crippen molar-refractivity contribution in [2.75, 3.05) is 0 Å². The lowest BCUT2D eigenvalue weighted by Gasteiger charge is -2.16. The molecule has 0 saturated heterocycles. The molecule has 0 aliphatic heterocycles. The second-order valence-electron chi connectivity index (χ2n) is 4.83. The van der Waals surface area contributed by atoms with Crippen LogP contribution in [0.2, 0.25) is 0 Å². The van der Waals surface area contributed by atoms with E-state index in [-0.39, 0.29) is 18.0 Å². The van der Waals surface area contributed by atoms with Crippen molar-refractivity contribution < 1.29 is 9.59 Å². The Morgan fingerprint density at radius 2 is 1.74 bits per heavy atom. The largest absolute Gasteiger partial charge is 0.366 e. The Labute approximate surface area is 113 Å². The van der Waals surface area contributed by atoms with Crippen LogP contribution in [0.15, 0.2) is 24.3 Å². The molecule has 0 aliphatic carbocycles. The summed E-state index contributed by atoms with van der Waals surface area (Å²) in [5, 5.41) is 5.96. The van der Waals surface area contributed by atoms with Gasteiger partial charge in [0.1, 0.15) is 0 Å². The van der Waals surface area contributed by atoms with Crippen molar-refractivity contribution >= 4 is 11.8 Å². The summed E-state index contributed by atoms with van der Waals surface area (Å²) in [6.45, 7) is 6.22. The van der Waals surface area contributed by atoms with Gasteiger partial charge in [0.15, 0.2) is 0 Å². The summed E-state index contributed by atoms with van der Waals surface area (Å²) in [7, 11) is 0. The lowest BCUT2D eigenvalue weighted by Crippen LogP contribution is -2.44. The summed E-state index contributed by atoms with van der Waals surface area (Å²) in [6, 6.07) is 6.86. The van der Waals surface area contributed by atoms with Crippen molar-refractivity contribution in [2.24, 2.45) is 5.73 Å². The summed E-state index contributed by atoms with van der Waals surface area (Å²) in [6.07, 6.45) is 0. The fourth-order valence-electron chi connectivity index (χ4n) is 1.56. The molecule has 0 saturated carbocycles. The van der Waals surface area contributed by atoms with E-state index in [1.54, 1.807) is 12.1 Å². The zero-order valence-corrected chi connectivity index (χ0v) is 11.6. The smallest absolute Gasteiger partial charge is 0.248 e. The highest BCUT2D eigenvalue weighted by atomic mass is 16.2. The molecule has 1 atom stereocenters. The van der Waals surface area contributed by atoms with Crippen LogP contribution in [0.1, 0.15) is 36.7 Å². The number of hydrogen-bond donors (Lipinski definition) is 3. The van der Waals surface area contributed by atoms with E-state index in [0.29, 0.717) is 12.1 Å². The molecular formula is C14H21N3O2. The minimum Gasteiger partial charge on any atom is -0.366 e. The first-order valence-corrected chi connectivity index (χ1v) is 6.32. The fourth-order valence-corrected chi connectivity index (χ4v) is 1.56. The molecule has 4 N–H and O–H groups in total.